The molecule has 0 fully saturated rings. The molecule has 0 amide bonds. The van der Waals surface area contributed by atoms with E-state index in [0.717, 1.165) is 0 Å². The first-order valence-corrected chi connectivity index (χ1v) is 1.73. The summed E-state index contributed by atoms with van der Waals surface area (Å²) in [6, 6.07) is 0. The zero-order valence-electron chi connectivity index (χ0n) is 2.14. The van der Waals surface area contributed by atoms with Crippen molar-refractivity contribution in [2.24, 2.45) is 0 Å². The van der Waals surface area contributed by atoms with Gasteiger partial charge in [-0.3, -0.25) is 0 Å². The van der Waals surface area contributed by atoms with Gasteiger partial charge in [0.25, 0.3) is 0 Å². The maximum atomic E-state index is 10.2. The van der Waals surface area contributed by atoms with E-state index in [1.807, 2.05) is 0 Å². The maximum absolute atomic E-state index is 10.2. The van der Waals surface area contributed by atoms with Crippen LogP contribution in [0, 0.1) is 5.16 Å². The Hall–Kier alpha value is 0.280. The number of hydrogen-bond donors (Lipinski definition) is 1. The second-order valence-electron chi connectivity index (χ2n) is 0.245. The Kier molecular flexibility index (Phi) is 7.70. The van der Waals surface area contributed by atoms with Crippen LogP contribution >= 0.6 is 20.7 Å². The monoisotopic (exact) mass is 117 g/mol. The Morgan fingerprint density at radius 3 is 1.80 bits per heavy atom. The fourth-order valence-electron chi connectivity index (χ4n) is 0. The van der Waals surface area contributed by atoms with E-state index in [1.54, 1.807) is 0 Å². The molecule has 0 aliphatic rings. The van der Waals surface area contributed by atoms with Crippen LogP contribution in [0.4, 0.5) is 4.20 Å². The molecule has 5 heteroatoms. The average Bonchev–Trinajstić information content (AvgIpc) is 0.811. The Morgan fingerprint density at radius 2 is 1.80 bits per heavy atom. The fraction of sp³-hybridized carbons (Fsp3) is 0. The lowest BCUT2D eigenvalue weighted by Crippen LogP contribution is -1.73. The number of halogens is 2. The normalized spacial score (nSPS) is 8.80. The molecule has 0 radical (unpaired) electrons. The second-order valence-corrected chi connectivity index (χ2v) is 0.734. The van der Waals surface area contributed by atoms with Gasteiger partial charge in [0.1, 0.15) is 0 Å². The summed E-state index contributed by atoms with van der Waals surface area (Å²) in [6.45, 7) is 0. The van der Waals surface area contributed by atoms with E-state index >= 15 is 0 Å². The van der Waals surface area contributed by atoms with E-state index < -0.39 is 8.25 Å². The van der Waals surface area contributed by atoms with Gasteiger partial charge in [-0.25, -0.2) is 0 Å². The molecule has 0 saturated heterocycles. The molecule has 0 aromatic carbocycles. The fourth-order valence-corrected chi connectivity index (χ4v) is 0. The molecular formula is H2ClFNOP. The summed E-state index contributed by atoms with van der Waals surface area (Å²) >= 11 is 0. The number of hydrogen-bond acceptors (Lipinski definition) is 2. The van der Waals surface area contributed by atoms with Crippen molar-refractivity contribution >= 4 is 20.7 Å². The Balaban J connectivity index is 0. The molecule has 0 saturated carbocycles. The van der Waals surface area contributed by atoms with Crippen molar-refractivity contribution < 1.29 is 9.09 Å². The molecule has 0 aliphatic carbocycles. The SMILES string of the molecule is Cl.N=[P+]([O-])F. The second kappa shape index (κ2) is 4.28. The van der Waals surface area contributed by atoms with Crippen LogP contribution in [0.2, 0.25) is 0 Å². The third kappa shape index (κ3) is 284. The van der Waals surface area contributed by atoms with Crippen molar-refractivity contribution in [3.8, 4) is 0 Å². The molecular weight excluding hydrogens is 115 g/mol. The van der Waals surface area contributed by atoms with Crippen LogP contribution in [0.1, 0.15) is 0 Å². The zero-order chi connectivity index (χ0) is 3.58. The van der Waals surface area contributed by atoms with E-state index in [9.17, 15) is 4.20 Å². The van der Waals surface area contributed by atoms with Gasteiger partial charge < -0.3 is 4.89 Å². The molecule has 1 atom stereocenters. The maximum Gasteiger partial charge on any atom is 0.398 e. The summed E-state index contributed by atoms with van der Waals surface area (Å²) in [6.07, 6.45) is 0. The summed E-state index contributed by atoms with van der Waals surface area (Å²) in [5.74, 6) is 0. The van der Waals surface area contributed by atoms with Crippen LogP contribution in [0.25, 0.3) is 0 Å². The minimum absolute atomic E-state index is 0. The van der Waals surface area contributed by atoms with Gasteiger partial charge in [0.05, 0.1) is 0 Å². The van der Waals surface area contributed by atoms with Crippen LogP contribution in [0.3, 0.4) is 0 Å². The minimum atomic E-state index is -3.12. The molecule has 1 N–H and O–H groups in total. The van der Waals surface area contributed by atoms with Gasteiger partial charge in [0.15, 0.2) is 0 Å². The molecule has 0 aromatic rings. The molecule has 0 bridgehead atoms. The Bertz CT molecular complexity index is 34.6. The van der Waals surface area contributed by atoms with Crippen molar-refractivity contribution in [3.63, 3.8) is 0 Å². The first-order valence-electron chi connectivity index (χ1n) is 0.575. The minimum Gasteiger partial charge on any atom is -0.579 e. The van der Waals surface area contributed by atoms with Crippen molar-refractivity contribution in [1.29, 1.82) is 5.16 Å². The van der Waals surface area contributed by atoms with Crippen molar-refractivity contribution in [3.05, 3.63) is 0 Å². The Labute approximate surface area is 35.9 Å². The van der Waals surface area contributed by atoms with Gasteiger partial charge in [0.2, 0.25) is 0 Å². The van der Waals surface area contributed by atoms with Crippen LogP contribution in [-0.4, -0.2) is 0 Å². The van der Waals surface area contributed by atoms with Crippen LogP contribution in [0.5, 0.6) is 0 Å². The molecule has 1 unspecified atom stereocenters. The van der Waals surface area contributed by atoms with Gasteiger partial charge in [-0.15, -0.1) is 12.4 Å². The molecule has 0 spiro atoms. The summed E-state index contributed by atoms with van der Waals surface area (Å²) in [5, 5.41) is 5.43. The summed E-state index contributed by atoms with van der Waals surface area (Å²) in [5.41, 5.74) is 0. The van der Waals surface area contributed by atoms with Gasteiger partial charge in [-0.05, 0) is 0 Å². The third-order valence-corrected chi connectivity index (χ3v) is 0. The van der Waals surface area contributed by atoms with Crippen LogP contribution in [-0.2, 0) is 0 Å². The largest absolute Gasteiger partial charge is 0.579 e. The van der Waals surface area contributed by atoms with Crippen molar-refractivity contribution in [2.75, 3.05) is 0 Å². The van der Waals surface area contributed by atoms with E-state index in [4.69, 9.17) is 10.1 Å². The van der Waals surface area contributed by atoms with Gasteiger partial charge in [-0.1, -0.05) is 5.16 Å². The van der Waals surface area contributed by atoms with Gasteiger partial charge in [-0.2, -0.15) is 0 Å². The lowest BCUT2D eigenvalue weighted by molar-refractivity contribution is -0.165. The smallest absolute Gasteiger partial charge is 0.398 e. The summed E-state index contributed by atoms with van der Waals surface area (Å²) in [7, 11) is -3.12. The van der Waals surface area contributed by atoms with Crippen molar-refractivity contribution in [2.45, 2.75) is 0 Å². The standard InChI is InChI=1S/ClH.FHNOP/c;1-4(2)3/h1H;2H. The topological polar surface area (TPSA) is 46.9 Å². The molecule has 5 heavy (non-hydrogen) atoms. The molecule has 0 rings (SSSR count). The van der Waals surface area contributed by atoms with Gasteiger partial charge >= 0.3 is 8.25 Å². The molecule has 2 nitrogen and oxygen atoms in total. The van der Waals surface area contributed by atoms with Crippen LogP contribution in [0.15, 0.2) is 0 Å². The highest BCUT2D eigenvalue weighted by atomic mass is 35.5. The highest BCUT2D eigenvalue weighted by Crippen LogP contribution is 2.04. The quantitative estimate of drug-likeness (QED) is 0.469. The number of nitrogens with one attached hydrogen (secondary N) is 1. The van der Waals surface area contributed by atoms with Crippen LogP contribution < -0.4 is 4.89 Å². The number of rotatable bonds is 0. The molecule has 32 valence electrons. The predicted octanol–water partition coefficient (Wildman–Crippen LogP) is 0.812. The van der Waals surface area contributed by atoms with Gasteiger partial charge in [0, 0.05) is 4.20 Å². The highest BCUT2D eigenvalue weighted by Gasteiger charge is 1.71. The molecule has 0 aliphatic heterocycles. The average molecular weight is 117 g/mol. The van der Waals surface area contributed by atoms with E-state index in [2.05, 4.69) is 0 Å². The summed E-state index contributed by atoms with van der Waals surface area (Å²) in [4.78, 5) is 8.59. The van der Waals surface area contributed by atoms with E-state index in [1.165, 1.54) is 0 Å². The molecule has 0 heterocycles. The zero-order valence-corrected chi connectivity index (χ0v) is 3.85. The van der Waals surface area contributed by atoms with Crippen molar-refractivity contribution in [1.82, 2.24) is 0 Å². The first kappa shape index (κ1) is 8.99. The Morgan fingerprint density at radius 1 is 1.80 bits per heavy atom. The lowest BCUT2D eigenvalue weighted by Gasteiger charge is -1.57. The first-order chi connectivity index (χ1) is 1.73. The lowest BCUT2D eigenvalue weighted by atomic mass is 14.0. The molecule has 0 aromatic heterocycles. The summed E-state index contributed by atoms with van der Waals surface area (Å²) < 4.78 is 10.2. The highest BCUT2D eigenvalue weighted by molar-refractivity contribution is 7.31. The van der Waals surface area contributed by atoms with E-state index in [-0.39, 0.29) is 12.4 Å². The third-order valence-electron chi connectivity index (χ3n) is 0. The van der Waals surface area contributed by atoms with E-state index in [0.29, 0.717) is 0 Å². The predicted molar refractivity (Wildman–Crippen MR) is 18.0 cm³/mol.